The molecule has 1 N–H and O–H groups in total. The highest BCUT2D eigenvalue weighted by atomic mass is 32.1. The lowest BCUT2D eigenvalue weighted by Gasteiger charge is -2.18. The minimum atomic E-state index is 0.228. The summed E-state index contributed by atoms with van der Waals surface area (Å²) in [5.41, 5.74) is 3.81. The lowest BCUT2D eigenvalue weighted by Crippen LogP contribution is -2.21. The van der Waals surface area contributed by atoms with E-state index in [1.807, 2.05) is 12.4 Å². The topological polar surface area (TPSA) is 24.9 Å². The zero-order valence-corrected chi connectivity index (χ0v) is 12.8. The van der Waals surface area contributed by atoms with Gasteiger partial charge in [0.15, 0.2) is 0 Å². The number of nitrogens with one attached hydrogen (secondary N) is 1. The first-order chi connectivity index (χ1) is 10.3. The molecular formula is C18H18N2S. The minimum absolute atomic E-state index is 0.228. The number of hydrogen-bond donors (Lipinski definition) is 1. The molecule has 0 spiro atoms. The number of rotatable bonds is 5. The number of thiophene rings is 1. The molecule has 1 unspecified atom stereocenters. The van der Waals surface area contributed by atoms with Crippen molar-refractivity contribution in [3.8, 4) is 0 Å². The second-order valence-electron chi connectivity index (χ2n) is 5.04. The molecule has 0 saturated heterocycles. The van der Waals surface area contributed by atoms with Crippen LogP contribution in [0.25, 0.3) is 0 Å². The maximum atomic E-state index is 4.22. The van der Waals surface area contributed by atoms with Gasteiger partial charge in [0.25, 0.3) is 0 Å². The van der Waals surface area contributed by atoms with E-state index < -0.39 is 0 Å². The van der Waals surface area contributed by atoms with E-state index in [1.165, 1.54) is 21.6 Å². The third-order valence-corrected chi connectivity index (χ3v) is 4.54. The zero-order chi connectivity index (χ0) is 14.5. The molecule has 3 aromatic rings. The van der Waals surface area contributed by atoms with Gasteiger partial charge in [-0.05, 0) is 41.1 Å². The van der Waals surface area contributed by atoms with Gasteiger partial charge in [0, 0.05) is 23.8 Å². The Morgan fingerprint density at radius 2 is 1.95 bits per heavy atom. The fourth-order valence-electron chi connectivity index (χ4n) is 2.38. The second-order valence-corrected chi connectivity index (χ2v) is 6.02. The van der Waals surface area contributed by atoms with E-state index in [-0.39, 0.29) is 6.04 Å². The molecule has 0 aliphatic rings. The van der Waals surface area contributed by atoms with Gasteiger partial charge in [0.05, 0.1) is 6.04 Å². The fourth-order valence-corrected chi connectivity index (χ4v) is 3.20. The van der Waals surface area contributed by atoms with Gasteiger partial charge in [-0.1, -0.05) is 36.4 Å². The van der Waals surface area contributed by atoms with Gasteiger partial charge in [-0.3, -0.25) is 4.98 Å². The molecule has 0 fully saturated rings. The summed E-state index contributed by atoms with van der Waals surface area (Å²) in [6, 6.07) is 17.2. The van der Waals surface area contributed by atoms with E-state index in [0.717, 1.165) is 6.54 Å². The van der Waals surface area contributed by atoms with Gasteiger partial charge in [-0.2, -0.15) is 0 Å². The molecule has 0 saturated carbocycles. The SMILES string of the molecule is Cc1ccncc1CNC(c1ccccc1)c1cccs1. The van der Waals surface area contributed by atoms with Gasteiger partial charge < -0.3 is 5.32 Å². The molecule has 3 heteroatoms. The average molecular weight is 294 g/mol. The van der Waals surface area contributed by atoms with E-state index >= 15 is 0 Å². The monoisotopic (exact) mass is 294 g/mol. The maximum Gasteiger partial charge on any atom is 0.0673 e. The number of hydrogen-bond acceptors (Lipinski definition) is 3. The molecule has 0 aliphatic carbocycles. The van der Waals surface area contributed by atoms with Crippen molar-refractivity contribution >= 4 is 11.3 Å². The molecule has 0 aliphatic heterocycles. The molecule has 2 aromatic heterocycles. The first-order valence-electron chi connectivity index (χ1n) is 7.06. The number of aryl methyl sites for hydroxylation is 1. The summed E-state index contributed by atoms with van der Waals surface area (Å²) in [6.07, 6.45) is 3.78. The summed E-state index contributed by atoms with van der Waals surface area (Å²) >= 11 is 1.79. The first kappa shape index (κ1) is 14.0. The Morgan fingerprint density at radius 3 is 2.67 bits per heavy atom. The molecule has 0 bridgehead atoms. The fraction of sp³-hybridized carbons (Fsp3) is 0.167. The summed E-state index contributed by atoms with van der Waals surface area (Å²) in [4.78, 5) is 5.56. The van der Waals surface area contributed by atoms with Crippen LogP contribution in [0.2, 0.25) is 0 Å². The first-order valence-corrected chi connectivity index (χ1v) is 7.94. The van der Waals surface area contributed by atoms with Crippen molar-refractivity contribution in [1.29, 1.82) is 0 Å². The zero-order valence-electron chi connectivity index (χ0n) is 12.0. The van der Waals surface area contributed by atoms with Crippen LogP contribution in [-0.4, -0.2) is 4.98 Å². The van der Waals surface area contributed by atoms with Crippen LogP contribution < -0.4 is 5.32 Å². The Bertz CT molecular complexity index is 677. The molecule has 3 rings (SSSR count). The van der Waals surface area contributed by atoms with Gasteiger partial charge in [0.1, 0.15) is 0 Å². The normalized spacial score (nSPS) is 12.2. The quantitative estimate of drug-likeness (QED) is 0.757. The van der Waals surface area contributed by atoms with E-state index in [2.05, 4.69) is 71.1 Å². The maximum absolute atomic E-state index is 4.22. The summed E-state index contributed by atoms with van der Waals surface area (Å²) in [5.74, 6) is 0. The predicted molar refractivity (Wildman–Crippen MR) is 88.4 cm³/mol. The van der Waals surface area contributed by atoms with Crippen molar-refractivity contribution in [3.05, 3.63) is 87.9 Å². The second kappa shape index (κ2) is 6.66. The molecular weight excluding hydrogens is 276 g/mol. The molecule has 0 amide bonds. The third kappa shape index (κ3) is 3.38. The Hall–Kier alpha value is -1.97. The highest BCUT2D eigenvalue weighted by molar-refractivity contribution is 7.10. The smallest absolute Gasteiger partial charge is 0.0673 e. The van der Waals surface area contributed by atoms with Gasteiger partial charge in [-0.15, -0.1) is 11.3 Å². The number of nitrogens with zero attached hydrogens (tertiary/aromatic N) is 1. The molecule has 106 valence electrons. The lowest BCUT2D eigenvalue weighted by atomic mass is 10.0. The number of aromatic nitrogens is 1. The van der Waals surface area contributed by atoms with Crippen LogP contribution in [0, 0.1) is 6.92 Å². The van der Waals surface area contributed by atoms with E-state index in [9.17, 15) is 0 Å². The summed E-state index contributed by atoms with van der Waals surface area (Å²) < 4.78 is 0. The highest BCUT2D eigenvalue weighted by Gasteiger charge is 2.14. The lowest BCUT2D eigenvalue weighted by molar-refractivity contribution is 0.610. The van der Waals surface area contributed by atoms with Crippen LogP contribution in [0.1, 0.15) is 27.6 Å². The predicted octanol–water partition coefficient (Wildman–Crippen LogP) is 4.33. The van der Waals surface area contributed by atoms with E-state index in [1.54, 1.807) is 11.3 Å². The van der Waals surface area contributed by atoms with Crippen LogP contribution in [0.15, 0.2) is 66.3 Å². The van der Waals surface area contributed by atoms with Crippen molar-refractivity contribution in [3.63, 3.8) is 0 Å². The summed E-state index contributed by atoms with van der Waals surface area (Å²) in [6.45, 7) is 2.94. The van der Waals surface area contributed by atoms with Crippen molar-refractivity contribution in [2.75, 3.05) is 0 Å². The number of pyridine rings is 1. The van der Waals surface area contributed by atoms with E-state index in [0.29, 0.717) is 0 Å². The van der Waals surface area contributed by atoms with Crippen LogP contribution in [0.3, 0.4) is 0 Å². The molecule has 21 heavy (non-hydrogen) atoms. The van der Waals surface area contributed by atoms with E-state index in [4.69, 9.17) is 0 Å². The third-order valence-electron chi connectivity index (χ3n) is 3.60. The van der Waals surface area contributed by atoms with Crippen molar-refractivity contribution in [1.82, 2.24) is 10.3 Å². The van der Waals surface area contributed by atoms with Crippen LogP contribution >= 0.6 is 11.3 Å². The average Bonchev–Trinajstić information content (AvgIpc) is 3.04. The van der Waals surface area contributed by atoms with Crippen LogP contribution in [0.4, 0.5) is 0 Å². The number of benzene rings is 1. The Labute approximate surface area is 129 Å². The Kier molecular flexibility index (Phi) is 4.43. The van der Waals surface area contributed by atoms with Gasteiger partial charge in [-0.25, -0.2) is 0 Å². The van der Waals surface area contributed by atoms with Crippen LogP contribution in [0.5, 0.6) is 0 Å². The van der Waals surface area contributed by atoms with Gasteiger partial charge >= 0.3 is 0 Å². The summed E-state index contributed by atoms with van der Waals surface area (Å²) in [5, 5.41) is 5.79. The molecule has 0 radical (unpaired) electrons. The standard InChI is InChI=1S/C18H18N2S/c1-14-9-10-19-12-16(14)13-20-18(17-8-5-11-21-17)15-6-3-2-4-7-15/h2-12,18,20H,13H2,1H3. The van der Waals surface area contributed by atoms with Crippen molar-refractivity contribution < 1.29 is 0 Å². The summed E-state index contributed by atoms with van der Waals surface area (Å²) in [7, 11) is 0. The van der Waals surface area contributed by atoms with Crippen molar-refractivity contribution in [2.45, 2.75) is 19.5 Å². The minimum Gasteiger partial charge on any atom is -0.301 e. The molecule has 1 aromatic carbocycles. The van der Waals surface area contributed by atoms with Crippen molar-refractivity contribution in [2.24, 2.45) is 0 Å². The Balaban J connectivity index is 1.82. The van der Waals surface area contributed by atoms with Gasteiger partial charge in [0.2, 0.25) is 0 Å². The van der Waals surface area contributed by atoms with Crippen LogP contribution in [-0.2, 0) is 6.54 Å². The Morgan fingerprint density at radius 1 is 1.10 bits per heavy atom. The highest BCUT2D eigenvalue weighted by Crippen LogP contribution is 2.26. The molecule has 2 nitrogen and oxygen atoms in total. The molecule has 2 heterocycles. The largest absolute Gasteiger partial charge is 0.301 e. The molecule has 1 atom stereocenters.